The molecule has 0 bridgehead atoms. The Bertz CT molecular complexity index is 1190. The summed E-state index contributed by atoms with van der Waals surface area (Å²) in [7, 11) is 5.00. The van der Waals surface area contributed by atoms with E-state index in [0.29, 0.717) is 43.7 Å². The second-order valence-corrected chi connectivity index (χ2v) is 9.51. The third kappa shape index (κ3) is 6.06. The monoisotopic (exact) mass is 486 g/mol. The van der Waals surface area contributed by atoms with Gasteiger partial charge in [0.05, 0.1) is 14.2 Å². The van der Waals surface area contributed by atoms with Gasteiger partial charge in [0, 0.05) is 32.0 Å². The van der Waals surface area contributed by atoms with Crippen LogP contribution in [0.5, 0.6) is 11.5 Å². The van der Waals surface area contributed by atoms with E-state index in [1.54, 1.807) is 26.2 Å². The first-order valence-electron chi connectivity index (χ1n) is 12.3. The number of carbonyl (C=O) groups excluding carboxylic acids is 2. The molecular weight excluding hydrogens is 452 g/mol. The lowest BCUT2D eigenvalue weighted by atomic mass is 9.84. The summed E-state index contributed by atoms with van der Waals surface area (Å²) < 4.78 is 10.7. The lowest BCUT2D eigenvalue weighted by Gasteiger charge is -2.30. The summed E-state index contributed by atoms with van der Waals surface area (Å²) in [6.07, 6.45) is 2.91. The fourth-order valence-corrected chi connectivity index (χ4v) is 4.90. The number of ether oxygens (including phenoxy) is 2. The summed E-state index contributed by atoms with van der Waals surface area (Å²) >= 11 is 0. The maximum atomic E-state index is 13.0. The second-order valence-electron chi connectivity index (χ2n) is 9.51. The zero-order valence-corrected chi connectivity index (χ0v) is 21.3. The van der Waals surface area contributed by atoms with Gasteiger partial charge >= 0.3 is 0 Å². The summed E-state index contributed by atoms with van der Waals surface area (Å²) in [5.41, 5.74) is 4.06. The molecule has 188 valence electrons. The molecule has 6 heteroatoms. The van der Waals surface area contributed by atoms with Crippen molar-refractivity contribution in [2.24, 2.45) is 0 Å². The summed E-state index contributed by atoms with van der Waals surface area (Å²) in [6, 6.07) is 24.4. The van der Waals surface area contributed by atoms with Crippen molar-refractivity contribution in [1.82, 2.24) is 10.2 Å². The highest BCUT2D eigenvalue weighted by Crippen LogP contribution is 2.31. The Labute approximate surface area is 213 Å². The van der Waals surface area contributed by atoms with E-state index in [1.165, 1.54) is 5.56 Å². The first kappa shape index (κ1) is 25.3. The van der Waals surface area contributed by atoms with E-state index < -0.39 is 5.54 Å². The molecule has 1 N–H and O–H groups in total. The lowest BCUT2D eigenvalue weighted by molar-refractivity contribution is -0.131. The van der Waals surface area contributed by atoms with Crippen LogP contribution in [0.3, 0.4) is 0 Å². The fraction of sp³-hybridized carbons (Fsp3) is 0.333. The van der Waals surface area contributed by atoms with Crippen molar-refractivity contribution >= 4 is 11.8 Å². The van der Waals surface area contributed by atoms with Gasteiger partial charge in [-0.3, -0.25) is 9.59 Å². The number of nitrogens with zero attached hydrogens (tertiary/aromatic N) is 1. The molecule has 1 fully saturated rings. The summed E-state index contributed by atoms with van der Waals surface area (Å²) in [4.78, 5) is 26.9. The highest BCUT2D eigenvalue weighted by Gasteiger charge is 2.38. The predicted octanol–water partition coefficient (Wildman–Crippen LogP) is 5.00. The van der Waals surface area contributed by atoms with Gasteiger partial charge in [-0.1, -0.05) is 60.7 Å². The van der Waals surface area contributed by atoms with Crippen molar-refractivity contribution in [3.05, 3.63) is 83.9 Å². The van der Waals surface area contributed by atoms with Crippen LogP contribution in [0.1, 0.15) is 36.8 Å². The Morgan fingerprint density at radius 3 is 2.22 bits per heavy atom. The third-order valence-corrected chi connectivity index (χ3v) is 6.95. The standard InChI is InChI=1S/C30H34N2O4/c1-32(21-23-11-14-26(35-2)27(19-23)36-3)29(34)16-18-30(17-15-28(33)31-30)20-22-9-12-25(13-10-22)24-7-5-4-6-8-24/h4-14,19H,15-18,20-21H2,1-3H3,(H,31,33)/t30-/m0/s1. The van der Waals surface area contributed by atoms with E-state index in [0.717, 1.165) is 23.1 Å². The molecule has 36 heavy (non-hydrogen) atoms. The normalized spacial score (nSPS) is 16.9. The molecule has 0 saturated carbocycles. The maximum absolute atomic E-state index is 13.0. The van der Waals surface area contributed by atoms with Gasteiger partial charge in [0.2, 0.25) is 11.8 Å². The van der Waals surface area contributed by atoms with Gasteiger partial charge < -0.3 is 19.7 Å². The molecule has 1 aliphatic heterocycles. The molecule has 1 heterocycles. The van der Waals surface area contributed by atoms with Crippen molar-refractivity contribution in [2.45, 2.75) is 44.2 Å². The molecule has 1 atom stereocenters. The number of hydrogen-bond acceptors (Lipinski definition) is 4. The molecule has 0 aliphatic carbocycles. The number of nitrogens with one attached hydrogen (secondary N) is 1. The second kappa shape index (κ2) is 11.3. The van der Waals surface area contributed by atoms with Gasteiger partial charge in [-0.2, -0.15) is 0 Å². The topological polar surface area (TPSA) is 67.9 Å². The van der Waals surface area contributed by atoms with Crippen molar-refractivity contribution in [3.63, 3.8) is 0 Å². The van der Waals surface area contributed by atoms with Crippen LogP contribution in [0.4, 0.5) is 0 Å². The van der Waals surface area contributed by atoms with Crippen LogP contribution in [0.15, 0.2) is 72.8 Å². The van der Waals surface area contributed by atoms with E-state index >= 15 is 0 Å². The first-order valence-corrected chi connectivity index (χ1v) is 12.3. The molecule has 4 rings (SSSR count). The fourth-order valence-electron chi connectivity index (χ4n) is 4.90. The van der Waals surface area contributed by atoms with Gasteiger partial charge in [0.15, 0.2) is 11.5 Å². The van der Waals surface area contributed by atoms with Crippen molar-refractivity contribution in [1.29, 1.82) is 0 Å². The number of benzene rings is 3. The van der Waals surface area contributed by atoms with Crippen LogP contribution < -0.4 is 14.8 Å². The Hall–Kier alpha value is -3.80. The minimum Gasteiger partial charge on any atom is -0.493 e. The van der Waals surface area contributed by atoms with Crippen molar-refractivity contribution in [3.8, 4) is 22.6 Å². The molecule has 3 aromatic rings. The molecule has 1 saturated heterocycles. The SMILES string of the molecule is COc1ccc(CN(C)C(=O)CC[C@]2(Cc3ccc(-c4ccccc4)cc3)CCC(=O)N2)cc1OC. The molecule has 3 aromatic carbocycles. The quantitative estimate of drug-likeness (QED) is 0.438. The molecule has 0 spiro atoms. The maximum Gasteiger partial charge on any atom is 0.222 e. The van der Waals surface area contributed by atoms with Crippen molar-refractivity contribution in [2.75, 3.05) is 21.3 Å². The molecule has 0 aromatic heterocycles. The Morgan fingerprint density at radius 2 is 1.58 bits per heavy atom. The average molecular weight is 487 g/mol. The van der Waals surface area contributed by atoms with E-state index in [-0.39, 0.29) is 11.8 Å². The Balaban J connectivity index is 1.39. The highest BCUT2D eigenvalue weighted by atomic mass is 16.5. The van der Waals surface area contributed by atoms with Gasteiger partial charge in [0.1, 0.15) is 0 Å². The van der Waals surface area contributed by atoms with E-state index in [9.17, 15) is 9.59 Å². The summed E-state index contributed by atoms with van der Waals surface area (Å²) in [5, 5.41) is 3.19. The Morgan fingerprint density at radius 1 is 0.917 bits per heavy atom. The minimum absolute atomic E-state index is 0.0461. The zero-order valence-electron chi connectivity index (χ0n) is 21.3. The number of rotatable bonds is 10. The highest BCUT2D eigenvalue weighted by molar-refractivity contribution is 5.80. The lowest BCUT2D eigenvalue weighted by Crippen LogP contribution is -2.44. The molecule has 6 nitrogen and oxygen atoms in total. The van der Waals surface area contributed by atoms with Gasteiger partial charge in [0.25, 0.3) is 0 Å². The molecule has 2 amide bonds. The van der Waals surface area contributed by atoms with E-state index in [1.807, 2.05) is 36.4 Å². The molecular formula is C30H34N2O4. The minimum atomic E-state index is -0.398. The first-order chi connectivity index (χ1) is 17.4. The number of hydrogen-bond donors (Lipinski definition) is 1. The molecule has 1 aliphatic rings. The Kier molecular flexibility index (Phi) is 7.93. The number of methoxy groups -OCH3 is 2. The molecule has 0 unspecified atom stereocenters. The number of amides is 2. The number of carbonyl (C=O) groups is 2. The predicted molar refractivity (Wildman–Crippen MR) is 141 cm³/mol. The molecule has 0 radical (unpaired) electrons. The van der Waals surface area contributed by atoms with Gasteiger partial charge in [-0.25, -0.2) is 0 Å². The van der Waals surface area contributed by atoms with Crippen LogP contribution in [-0.4, -0.2) is 43.5 Å². The summed E-state index contributed by atoms with van der Waals surface area (Å²) in [5.74, 6) is 1.40. The van der Waals surface area contributed by atoms with E-state index in [4.69, 9.17) is 9.47 Å². The smallest absolute Gasteiger partial charge is 0.222 e. The van der Waals surface area contributed by atoms with E-state index in [2.05, 4.69) is 41.7 Å². The van der Waals surface area contributed by atoms with Gasteiger partial charge in [-0.05, 0) is 53.6 Å². The zero-order chi connectivity index (χ0) is 25.5. The van der Waals surface area contributed by atoms with Crippen molar-refractivity contribution < 1.29 is 19.1 Å². The summed E-state index contributed by atoms with van der Waals surface area (Å²) in [6.45, 7) is 0.472. The van der Waals surface area contributed by atoms with Crippen LogP contribution >= 0.6 is 0 Å². The van der Waals surface area contributed by atoms with Gasteiger partial charge in [-0.15, -0.1) is 0 Å². The van der Waals surface area contributed by atoms with Crippen LogP contribution in [0.25, 0.3) is 11.1 Å². The average Bonchev–Trinajstić information content (AvgIpc) is 3.28. The van der Waals surface area contributed by atoms with Crippen LogP contribution in [0, 0.1) is 0 Å². The third-order valence-electron chi connectivity index (χ3n) is 6.95. The van der Waals surface area contributed by atoms with Crippen LogP contribution in [-0.2, 0) is 22.6 Å². The largest absolute Gasteiger partial charge is 0.493 e. The van der Waals surface area contributed by atoms with Crippen LogP contribution in [0.2, 0.25) is 0 Å².